The van der Waals surface area contributed by atoms with E-state index < -0.39 is 17.3 Å². The summed E-state index contributed by atoms with van der Waals surface area (Å²) in [5.74, 6) is -1.28. The van der Waals surface area contributed by atoms with Gasteiger partial charge in [-0.3, -0.25) is 9.69 Å². The summed E-state index contributed by atoms with van der Waals surface area (Å²) < 4.78 is 13.9. The van der Waals surface area contributed by atoms with Crippen LogP contribution >= 0.6 is 11.6 Å². The molecule has 0 amide bonds. The Morgan fingerprint density at radius 2 is 2.32 bits per heavy atom. The van der Waals surface area contributed by atoms with E-state index in [2.05, 4.69) is 0 Å². The van der Waals surface area contributed by atoms with Crippen molar-refractivity contribution in [1.82, 2.24) is 4.90 Å². The van der Waals surface area contributed by atoms with Crippen LogP contribution in [0.25, 0.3) is 0 Å². The molecule has 1 aliphatic rings. The summed E-state index contributed by atoms with van der Waals surface area (Å²) in [7, 11) is 0. The van der Waals surface area contributed by atoms with Gasteiger partial charge in [0.15, 0.2) is 0 Å². The third-order valence-corrected chi connectivity index (χ3v) is 4.29. The summed E-state index contributed by atoms with van der Waals surface area (Å²) >= 11 is 5.76. The number of carbonyl (C=O) groups is 1. The molecule has 1 aromatic rings. The van der Waals surface area contributed by atoms with Crippen LogP contribution in [0, 0.1) is 5.82 Å². The minimum Gasteiger partial charge on any atom is -0.480 e. The zero-order chi connectivity index (χ0) is 14.0. The van der Waals surface area contributed by atoms with Crippen LogP contribution in [0.3, 0.4) is 0 Å². The van der Waals surface area contributed by atoms with Crippen molar-refractivity contribution in [3.63, 3.8) is 0 Å². The van der Waals surface area contributed by atoms with Crippen LogP contribution in [-0.2, 0) is 11.3 Å². The van der Waals surface area contributed by atoms with Gasteiger partial charge in [-0.25, -0.2) is 4.39 Å². The molecular weight excluding hydrogens is 269 g/mol. The zero-order valence-electron chi connectivity index (χ0n) is 10.8. The van der Waals surface area contributed by atoms with Crippen LogP contribution in [0.15, 0.2) is 18.2 Å². The Morgan fingerprint density at radius 1 is 1.58 bits per heavy atom. The Morgan fingerprint density at radius 3 is 2.95 bits per heavy atom. The van der Waals surface area contributed by atoms with Gasteiger partial charge < -0.3 is 5.11 Å². The van der Waals surface area contributed by atoms with Crippen molar-refractivity contribution >= 4 is 17.6 Å². The molecule has 0 aromatic heterocycles. The van der Waals surface area contributed by atoms with E-state index in [9.17, 15) is 14.3 Å². The van der Waals surface area contributed by atoms with Crippen molar-refractivity contribution in [3.8, 4) is 0 Å². The molecule has 0 saturated carbocycles. The second-order valence-electron chi connectivity index (χ2n) is 4.93. The minimum atomic E-state index is -0.866. The number of halogens is 2. The molecule has 104 valence electrons. The molecule has 1 saturated heterocycles. The molecule has 19 heavy (non-hydrogen) atoms. The van der Waals surface area contributed by atoms with E-state index in [1.54, 1.807) is 12.1 Å². The molecule has 1 aliphatic heterocycles. The normalized spacial score (nSPS) is 23.7. The van der Waals surface area contributed by atoms with Gasteiger partial charge in [-0.1, -0.05) is 30.7 Å². The number of hydrogen-bond donors (Lipinski definition) is 1. The lowest BCUT2D eigenvalue weighted by molar-refractivity contribution is -0.150. The Kier molecular flexibility index (Phi) is 4.11. The maximum absolute atomic E-state index is 13.9. The summed E-state index contributed by atoms with van der Waals surface area (Å²) in [6.45, 7) is 2.82. The highest BCUT2D eigenvalue weighted by molar-refractivity contribution is 6.30. The predicted molar refractivity (Wildman–Crippen MR) is 71.7 cm³/mol. The monoisotopic (exact) mass is 285 g/mol. The molecule has 0 aliphatic carbocycles. The van der Waals surface area contributed by atoms with Gasteiger partial charge in [0.1, 0.15) is 11.4 Å². The summed E-state index contributed by atoms with van der Waals surface area (Å²) in [6, 6.07) is 4.83. The molecule has 1 atom stereocenters. The quantitative estimate of drug-likeness (QED) is 0.923. The van der Waals surface area contributed by atoms with Gasteiger partial charge in [0, 0.05) is 12.1 Å². The topological polar surface area (TPSA) is 40.5 Å². The fourth-order valence-electron chi connectivity index (χ4n) is 2.83. The molecule has 2 rings (SSSR count). The smallest absolute Gasteiger partial charge is 0.324 e. The van der Waals surface area contributed by atoms with E-state index in [1.165, 1.54) is 6.07 Å². The Hall–Kier alpha value is -1.13. The summed E-state index contributed by atoms with van der Waals surface area (Å²) in [5.41, 5.74) is -0.414. The molecular formula is C14H17ClFNO2. The van der Waals surface area contributed by atoms with Gasteiger partial charge in [-0.2, -0.15) is 0 Å². The standard InChI is InChI=1S/C14H17ClFNO2/c1-2-14(13(18)19)7-4-8-17(14)9-10-5-3-6-11(15)12(10)16/h3,5-6H,2,4,7-9H2,1H3,(H,18,19). The first-order chi connectivity index (χ1) is 9.01. The van der Waals surface area contributed by atoms with Gasteiger partial charge in [0.25, 0.3) is 0 Å². The largest absolute Gasteiger partial charge is 0.480 e. The fraction of sp³-hybridized carbons (Fsp3) is 0.500. The van der Waals surface area contributed by atoms with Crippen molar-refractivity contribution in [3.05, 3.63) is 34.6 Å². The number of rotatable bonds is 4. The van der Waals surface area contributed by atoms with Crippen molar-refractivity contribution in [1.29, 1.82) is 0 Å². The summed E-state index contributed by atoms with van der Waals surface area (Å²) in [6.07, 6.45) is 1.95. The maximum Gasteiger partial charge on any atom is 0.324 e. The number of nitrogens with zero attached hydrogens (tertiary/aromatic N) is 1. The van der Waals surface area contributed by atoms with Crippen LogP contribution < -0.4 is 0 Å². The zero-order valence-corrected chi connectivity index (χ0v) is 11.6. The average molecular weight is 286 g/mol. The molecule has 1 fully saturated rings. The molecule has 0 bridgehead atoms. The maximum atomic E-state index is 13.9. The second kappa shape index (κ2) is 5.47. The Labute approximate surface area is 117 Å². The van der Waals surface area contributed by atoms with Crippen molar-refractivity contribution in [2.24, 2.45) is 0 Å². The number of benzene rings is 1. The van der Waals surface area contributed by atoms with E-state index in [-0.39, 0.29) is 11.6 Å². The van der Waals surface area contributed by atoms with Crippen LogP contribution in [0.1, 0.15) is 31.7 Å². The molecule has 1 N–H and O–H groups in total. The molecule has 3 nitrogen and oxygen atoms in total. The summed E-state index contributed by atoms with van der Waals surface area (Å²) in [4.78, 5) is 13.4. The highest BCUT2D eigenvalue weighted by Gasteiger charge is 2.46. The number of carboxylic acid groups (broad SMARTS) is 1. The predicted octanol–water partition coefficient (Wildman–Crippen LogP) is 3.31. The van der Waals surface area contributed by atoms with Crippen molar-refractivity contribution in [2.45, 2.75) is 38.3 Å². The van der Waals surface area contributed by atoms with Gasteiger partial charge in [-0.05, 0) is 31.9 Å². The highest BCUT2D eigenvalue weighted by atomic mass is 35.5. The van der Waals surface area contributed by atoms with E-state index in [0.29, 0.717) is 24.9 Å². The van der Waals surface area contributed by atoms with E-state index in [1.807, 2.05) is 11.8 Å². The Bertz CT molecular complexity index is 494. The first kappa shape index (κ1) is 14.3. The number of hydrogen-bond acceptors (Lipinski definition) is 2. The van der Waals surface area contributed by atoms with E-state index >= 15 is 0 Å². The highest BCUT2D eigenvalue weighted by Crippen LogP contribution is 2.34. The van der Waals surface area contributed by atoms with Gasteiger partial charge >= 0.3 is 5.97 Å². The molecule has 1 aromatic carbocycles. The average Bonchev–Trinajstić information content (AvgIpc) is 2.79. The van der Waals surface area contributed by atoms with Crippen molar-refractivity contribution < 1.29 is 14.3 Å². The van der Waals surface area contributed by atoms with Gasteiger partial charge in [0.2, 0.25) is 0 Å². The summed E-state index contributed by atoms with van der Waals surface area (Å²) in [5, 5.41) is 9.55. The molecule has 1 heterocycles. The molecule has 0 spiro atoms. The lowest BCUT2D eigenvalue weighted by Gasteiger charge is -2.34. The molecule has 5 heteroatoms. The number of likely N-dealkylation sites (tertiary alicyclic amines) is 1. The minimum absolute atomic E-state index is 0.0779. The fourth-order valence-corrected chi connectivity index (χ4v) is 3.03. The van der Waals surface area contributed by atoms with Gasteiger partial charge in [0.05, 0.1) is 5.02 Å². The number of aliphatic carboxylic acids is 1. The lowest BCUT2D eigenvalue weighted by Crippen LogP contribution is -2.49. The van der Waals surface area contributed by atoms with Crippen molar-refractivity contribution in [2.75, 3.05) is 6.54 Å². The van der Waals surface area contributed by atoms with Crippen LogP contribution in [-0.4, -0.2) is 28.1 Å². The molecule has 1 unspecified atom stereocenters. The lowest BCUT2D eigenvalue weighted by atomic mass is 9.92. The number of carboxylic acids is 1. The van der Waals surface area contributed by atoms with Crippen LogP contribution in [0.5, 0.6) is 0 Å². The van der Waals surface area contributed by atoms with Gasteiger partial charge in [-0.15, -0.1) is 0 Å². The Balaban J connectivity index is 2.27. The third kappa shape index (κ3) is 2.47. The van der Waals surface area contributed by atoms with E-state index in [0.717, 1.165) is 6.42 Å². The van der Waals surface area contributed by atoms with E-state index in [4.69, 9.17) is 11.6 Å². The second-order valence-corrected chi connectivity index (χ2v) is 5.34. The first-order valence-corrected chi connectivity index (χ1v) is 6.80. The third-order valence-electron chi connectivity index (χ3n) is 4.00. The van der Waals surface area contributed by atoms with Crippen LogP contribution in [0.4, 0.5) is 4.39 Å². The molecule has 0 radical (unpaired) electrons. The first-order valence-electron chi connectivity index (χ1n) is 6.42. The van der Waals surface area contributed by atoms with Crippen LogP contribution in [0.2, 0.25) is 5.02 Å². The SMILES string of the molecule is CCC1(C(=O)O)CCCN1Cc1cccc(Cl)c1F.